The molecule has 1 unspecified atom stereocenters. The summed E-state index contributed by atoms with van der Waals surface area (Å²) in [6.07, 6.45) is 84.1. The quantitative estimate of drug-likeness (QED) is 0.0261. The summed E-state index contributed by atoms with van der Waals surface area (Å²) in [5, 5.41) is 0. The number of hydrogen-bond donors (Lipinski definition) is 0. The van der Waals surface area contributed by atoms with Crippen LogP contribution < -0.4 is 0 Å². The van der Waals surface area contributed by atoms with Gasteiger partial charge in [-0.1, -0.05) is 259 Å². The van der Waals surface area contributed by atoms with Crippen LogP contribution in [0.15, 0.2) is 97.2 Å². The minimum Gasteiger partial charge on any atom is -0.462 e. The Morgan fingerprint density at radius 1 is 0.280 bits per heavy atom. The lowest BCUT2D eigenvalue weighted by molar-refractivity contribution is -0.167. The van der Waals surface area contributed by atoms with E-state index in [-0.39, 0.29) is 31.1 Å². The van der Waals surface area contributed by atoms with Crippen LogP contribution in [0.3, 0.4) is 0 Å². The van der Waals surface area contributed by atoms with Crippen LogP contribution in [0.4, 0.5) is 0 Å². The van der Waals surface area contributed by atoms with Gasteiger partial charge in [0.15, 0.2) is 6.10 Å². The van der Waals surface area contributed by atoms with Gasteiger partial charge in [0.1, 0.15) is 13.2 Å². The molecule has 6 heteroatoms. The SMILES string of the molecule is CC/C=C\C/C=C\C/C=C\C/C=C\CCCCC(=O)OCC(COC(=O)CCCCCCCCCCC/C=C\C/C=C\CCCCCCC)OC(=O)CCCCCCCCCCC/C=C\C/C=C\CCCCCCC. The van der Waals surface area contributed by atoms with Crippen molar-refractivity contribution >= 4 is 17.9 Å². The molecule has 430 valence electrons. The number of carbonyl (C=O) groups excluding carboxylic acids is 3. The topological polar surface area (TPSA) is 78.9 Å². The number of hydrogen-bond acceptors (Lipinski definition) is 6. The lowest BCUT2D eigenvalue weighted by Gasteiger charge is -2.18. The largest absolute Gasteiger partial charge is 0.462 e. The highest BCUT2D eigenvalue weighted by Crippen LogP contribution is 2.15. The van der Waals surface area contributed by atoms with Crippen LogP contribution in [0, 0.1) is 0 Å². The molecule has 0 bridgehead atoms. The first-order valence-corrected chi connectivity index (χ1v) is 31.7. The maximum atomic E-state index is 12.9. The van der Waals surface area contributed by atoms with Crippen molar-refractivity contribution in [2.24, 2.45) is 0 Å². The van der Waals surface area contributed by atoms with Gasteiger partial charge in [-0.05, 0) is 122 Å². The van der Waals surface area contributed by atoms with Crippen molar-refractivity contribution in [2.75, 3.05) is 13.2 Å². The van der Waals surface area contributed by atoms with Gasteiger partial charge in [-0.3, -0.25) is 14.4 Å². The highest BCUT2D eigenvalue weighted by atomic mass is 16.6. The molecule has 0 aromatic rings. The van der Waals surface area contributed by atoms with Crippen LogP contribution in [0.25, 0.3) is 0 Å². The van der Waals surface area contributed by atoms with Crippen molar-refractivity contribution in [2.45, 2.75) is 309 Å². The zero-order valence-electron chi connectivity index (χ0n) is 49.3. The summed E-state index contributed by atoms with van der Waals surface area (Å²) in [6.45, 7) is 6.49. The molecule has 0 aromatic heterocycles. The molecule has 0 amide bonds. The fraction of sp³-hybridized carbons (Fsp3) is 0.725. The lowest BCUT2D eigenvalue weighted by Crippen LogP contribution is -2.30. The van der Waals surface area contributed by atoms with Crippen LogP contribution in [0.2, 0.25) is 0 Å². The minimum absolute atomic E-state index is 0.0945. The predicted octanol–water partition coefficient (Wildman–Crippen LogP) is 21.7. The molecule has 0 N–H and O–H groups in total. The number of carbonyl (C=O) groups is 3. The zero-order valence-corrected chi connectivity index (χ0v) is 49.3. The van der Waals surface area contributed by atoms with Crippen LogP contribution in [-0.4, -0.2) is 37.2 Å². The molecule has 0 radical (unpaired) electrons. The Morgan fingerprint density at radius 2 is 0.520 bits per heavy atom. The summed E-state index contributed by atoms with van der Waals surface area (Å²) in [7, 11) is 0. The molecular formula is C69H118O6. The summed E-state index contributed by atoms with van der Waals surface area (Å²) in [6, 6.07) is 0. The monoisotopic (exact) mass is 1040 g/mol. The van der Waals surface area contributed by atoms with E-state index in [4.69, 9.17) is 14.2 Å². The molecule has 0 saturated heterocycles. The Balaban J connectivity index is 4.42. The molecule has 75 heavy (non-hydrogen) atoms. The number of esters is 3. The van der Waals surface area contributed by atoms with Crippen molar-refractivity contribution in [3.63, 3.8) is 0 Å². The molecule has 0 aliphatic heterocycles. The Hall–Kier alpha value is -3.67. The highest BCUT2D eigenvalue weighted by molar-refractivity contribution is 5.71. The summed E-state index contributed by atoms with van der Waals surface area (Å²) in [5.74, 6) is -0.937. The fourth-order valence-electron chi connectivity index (χ4n) is 8.79. The van der Waals surface area contributed by atoms with Crippen LogP contribution in [0.1, 0.15) is 303 Å². The number of ether oxygens (including phenoxy) is 3. The maximum Gasteiger partial charge on any atom is 0.306 e. The van der Waals surface area contributed by atoms with Crippen molar-refractivity contribution in [3.05, 3.63) is 97.2 Å². The van der Waals surface area contributed by atoms with Gasteiger partial charge in [0, 0.05) is 19.3 Å². The van der Waals surface area contributed by atoms with Gasteiger partial charge in [-0.15, -0.1) is 0 Å². The molecule has 0 spiro atoms. The second-order valence-electron chi connectivity index (χ2n) is 20.9. The van der Waals surface area contributed by atoms with E-state index in [1.807, 2.05) is 0 Å². The van der Waals surface area contributed by atoms with Gasteiger partial charge >= 0.3 is 17.9 Å². The van der Waals surface area contributed by atoms with Gasteiger partial charge in [0.05, 0.1) is 0 Å². The van der Waals surface area contributed by atoms with Gasteiger partial charge < -0.3 is 14.2 Å². The molecule has 0 aliphatic carbocycles. The average molecular weight is 1040 g/mol. The first-order valence-electron chi connectivity index (χ1n) is 31.7. The standard InChI is InChI=1S/C69H118O6/c1-4-7-10-13-16-19-22-25-28-30-32-34-36-38-41-44-47-50-53-56-59-62-68(71)74-65-66(64-73-67(70)61-58-55-52-49-46-43-40-27-24-21-18-15-12-9-6-3)75-69(72)63-60-57-54-51-48-45-42-39-37-35-33-31-29-26-23-20-17-14-11-8-5-2/h9,12,18,21-23,25-27,30-33,40,46,49,66H,4-8,10-11,13-17,19-20,24,28-29,34-39,41-45,47-48,50-65H2,1-3H3/b12-9-,21-18-,25-22-,26-23-,32-30-,33-31-,40-27-,49-46-. The van der Waals surface area contributed by atoms with Crippen molar-refractivity contribution < 1.29 is 28.6 Å². The van der Waals surface area contributed by atoms with Gasteiger partial charge in [-0.2, -0.15) is 0 Å². The Bertz CT molecular complexity index is 1480. The normalized spacial score (nSPS) is 12.7. The van der Waals surface area contributed by atoms with Crippen LogP contribution in [0.5, 0.6) is 0 Å². The molecule has 0 aromatic carbocycles. The first kappa shape index (κ1) is 71.3. The Labute approximate surface area is 464 Å². The molecular weight excluding hydrogens is 925 g/mol. The predicted molar refractivity (Wildman–Crippen MR) is 325 cm³/mol. The average Bonchev–Trinajstić information content (AvgIpc) is 3.41. The molecule has 0 heterocycles. The van der Waals surface area contributed by atoms with E-state index in [1.54, 1.807) is 0 Å². The van der Waals surface area contributed by atoms with Gasteiger partial charge in [0.25, 0.3) is 0 Å². The Morgan fingerprint density at radius 3 is 0.840 bits per heavy atom. The van der Waals surface area contributed by atoms with E-state index in [1.165, 1.54) is 167 Å². The summed E-state index contributed by atoms with van der Waals surface area (Å²) in [4.78, 5) is 38.3. The van der Waals surface area contributed by atoms with Gasteiger partial charge in [0.2, 0.25) is 0 Å². The Kier molecular flexibility index (Phi) is 59.8. The third-order valence-corrected chi connectivity index (χ3v) is 13.5. The summed E-state index contributed by atoms with van der Waals surface area (Å²) in [5.41, 5.74) is 0. The molecule has 0 fully saturated rings. The summed E-state index contributed by atoms with van der Waals surface area (Å²) < 4.78 is 16.9. The van der Waals surface area contributed by atoms with Crippen molar-refractivity contribution in [3.8, 4) is 0 Å². The van der Waals surface area contributed by atoms with E-state index in [2.05, 4.69) is 118 Å². The van der Waals surface area contributed by atoms with Crippen LogP contribution >= 0.6 is 0 Å². The minimum atomic E-state index is -0.801. The lowest BCUT2D eigenvalue weighted by atomic mass is 10.1. The second kappa shape index (κ2) is 62.9. The third kappa shape index (κ3) is 61.1. The van der Waals surface area contributed by atoms with Crippen molar-refractivity contribution in [1.29, 1.82) is 0 Å². The van der Waals surface area contributed by atoms with Crippen molar-refractivity contribution in [1.82, 2.24) is 0 Å². The third-order valence-electron chi connectivity index (χ3n) is 13.5. The molecule has 0 rings (SSSR count). The van der Waals surface area contributed by atoms with E-state index >= 15 is 0 Å². The number of allylic oxidation sites excluding steroid dienone is 16. The molecule has 0 saturated carbocycles. The number of unbranched alkanes of at least 4 members (excludes halogenated alkanes) is 30. The van der Waals surface area contributed by atoms with Gasteiger partial charge in [-0.25, -0.2) is 0 Å². The zero-order chi connectivity index (χ0) is 54.3. The molecule has 0 aliphatic rings. The number of rotatable bonds is 57. The smallest absolute Gasteiger partial charge is 0.306 e. The molecule has 6 nitrogen and oxygen atoms in total. The van der Waals surface area contributed by atoms with Crippen LogP contribution in [-0.2, 0) is 28.6 Å². The molecule has 1 atom stereocenters. The fourth-order valence-corrected chi connectivity index (χ4v) is 8.79. The highest BCUT2D eigenvalue weighted by Gasteiger charge is 2.19. The first-order chi connectivity index (χ1) is 37.0. The second-order valence-corrected chi connectivity index (χ2v) is 20.9. The van der Waals surface area contributed by atoms with E-state index in [9.17, 15) is 14.4 Å². The van der Waals surface area contributed by atoms with E-state index < -0.39 is 6.10 Å². The van der Waals surface area contributed by atoms with E-state index in [0.29, 0.717) is 19.3 Å². The summed E-state index contributed by atoms with van der Waals surface area (Å²) >= 11 is 0. The maximum absolute atomic E-state index is 12.9. The van der Waals surface area contributed by atoms with E-state index in [0.717, 1.165) is 96.3 Å².